The molecule has 0 radical (unpaired) electrons. The molecule has 182 valence electrons. The summed E-state index contributed by atoms with van der Waals surface area (Å²) >= 11 is 0. The molecule has 1 aliphatic rings. The molecule has 1 saturated heterocycles. The average molecular weight is 500 g/mol. The van der Waals surface area contributed by atoms with E-state index in [-0.39, 0.29) is 11.3 Å². The fourth-order valence-electron chi connectivity index (χ4n) is 3.56. The van der Waals surface area contributed by atoms with E-state index in [4.69, 9.17) is 4.74 Å². The zero-order valence-corrected chi connectivity index (χ0v) is 19.3. The number of nitro groups is 2. The molecule has 1 aliphatic heterocycles. The van der Waals surface area contributed by atoms with Crippen LogP contribution in [0.3, 0.4) is 0 Å². The highest BCUT2D eigenvalue weighted by Crippen LogP contribution is 2.32. The average Bonchev–Trinajstić information content (AvgIpc) is 2.84. The van der Waals surface area contributed by atoms with E-state index in [0.717, 1.165) is 31.0 Å². The zero-order chi connectivity index (χ0) is 25.2. The van der Waals surface area contributed by atoms with Crippen molar-refractivity contribution in [2.45, 2.75) is 11.8 Å². The van der Waals surface area contributed by atoms with Crippen molar-refractivity contribution in [3.05, 3.63) is 74.3 Å². The Morgan fingerprint density at radius 3 is 2.06 bits per heavy atom. The lowest BCUT2D eigenvalue weighted by Crippen LogP contribution is -2.36. The van der Waals surface area contributed by atoms with E-state index in [2.05, 4.69) is 19.8 Å². The molecule has 0 amide bonds. The summed E-state index contributed by atoms with van der Waals surface area (Å²) in [5, 5.41) is 31.0. The minimum atomic E-state index is -4.34. The number of hydrogen-bond donors (Lipinski definition) is 1. The Morgan fingerprint density at radius 1 is 0.943 bits per heavy atom. The van der Waals surface area contributed by atoms with Gasteiger partial charge in [0.2, 0.25) is 0 Å². The van der Waals surface area contributed by atoms with Crippen molar-refractivity contribution in [1.29, 1.82) is 0 Å². The maximum Gasteiger partial charge on any atom is 0.280 e. The highest BCUT2D eigenvalue weighted by Gasteiger charge is 2.28. The number of anilines is 2. The molecule has 0 spiro atoms. The van der Waals surface area contributed by atoms with Gasteiger partial charge in [0.25, 0.3) is 21.4 Å². The van der Waals surface area contributed by atoms with Crippen molar-refractivity contribution in [2.75, 3.05) is 35.9 Å². The first-order valence-electron chi connectivity index (χ1n) is 10.4. The Kier molecular flexibility index (Phi) is 6.57. The second-order valence-electron chi connectivity index (χ2n) is 7.66. The molecule has 0 atom stereocenters. The van der Waals surface area contributed by atoms with Crippen molar-refractivity contribution in [3.63, 3.8) is 0 Å². The number of nitrogens with one attached hydrogen (secondary N) is 1. The molecule has 13 nitrogen and oxygen atoms in total. The highest BCUT2D eigenvalue weighted by atomic mass is 32.2. The zero-order valence-electron chi connectivity index (χ0n) is 18.4. The minimum Gasteiger partial charge on any atom is -0.378 e. The Bertz CT molecular complexity index is 1340. The molecule has 0 aliphatic carbocycles. The summed E-state index contributed by atoms with van der Waals surface area (Å²) in [5.41, 5.74) is -0.110. The number of benzene rings is 2. The molecule has 1 fully saturated rings. The molecule has 0 saturated carbocycles. The van der Waals surface area contributed by atoms with Crippen LogP contribution in [0.15, 0.2) is 53.4 Å². The maximum absolute atomic E-state index is 12.8. The lowest BCUT2D eigenvalue weighted by molar-refractivity contribution is -0.395. The van der Waals surface area contributed by atoms with Crippen molar-refractivity contribution >= 4 is 32.9 Å². The monoisotopic (exact) mass is 500 g/mol. The number of ether oxygens (including phenoxy) is 1. The fraction of sp³-hybridized carbons (Fsp3) is 0.238. The molecule has 14 heteroatoms. The molecular weight excluding hydrogens is 480 g/mol. The van der Waals surface area contributed by atoms with Crippen LogP contribution in [0.4, 0.5) is 22.9 Å². The summed E-state index contributed by atoms with van der Waals surface area (Å²) in [6, 6.07) is 11.5. The maximum atomic E-state index is 12.8. The standard InChI is InChI=1S/C21H20N6O7S/c1-14-19(26(28)29)12-17(13-20(14)27(30)31)35(32,33)24-16-4-2-15(3-5-16)18-6-7-21(23-22-18)25-8-10-34-11-9-25/h2-7,12-13,24H,8-11H2,1H3. The van der Waals surface area contributed by atoms with Crippen molar-refractivity contribution < 1.29 is 23.0 Å². The number of nitrogens with zero attached hydrogens (tertiary/aromatic N) is 5. The smallest absolute Gasteiger partial charge is 0.280 e. The lowest BCUT2D eigenvalue weighted by Gasteiger charge is -2.27. The number of sulfonamides is 1. The minimum absolute atomic E-state index is 0.164. The molecule has 3 aromatic rings. The second kappa shape index (κ2) is 9.60. The molecule has 0 bridgehead atoms. The first-order chi connectivity index (χ1) is 16.7. The van der Waals surface area contributed by atoms with Gasteiger partial charge in [-0.05, 0) is 31.2 Å². The Labute approximate surface area is 199 Å². The third-order valence-corrected chi connectivity index (χ3v) is 6.81. The molecule has 35 heavy (non-hydrogen) atoms. The third kappa shape index (κ3) is 5.17. The largest absolute Gasteiger partial charge is 0.378 e. The van der Waals surface area contributed by atoms with Crippen LogP contribution < -0.4 is 9.62 Å². The molecule has 4 rings (SSSR count). The summed E-state index contributed by atoms with van der Waals surface area (Å²) in [4.78, 5) is 22.3. The summed E-state index contributed by atoms with van der Waals surface area (Å²) < 4.78 is 33.2. The van der Waals surface area contributed by atoms with Gasteiger partial charge in [0.15, 0.2) is 5.82 Å². The Morgan fingerprint density at radius 2 is 1.54 bits per heavy atom. The van der Waals surface area contributed by atoms with Crippen LogP contribution in [0.5, 0.6) is 0 Å². The van der Waals surface area contributed by atoms with E-state index in [1.807, 2.05) is 12.1 Å². The second-order valence-corrected chi connectivity index (χ2v) is 9.34. The molecule has 0 unspecified atom stereocenters. The fourth-order valence-corrected chi connectivity index (χ4v) is 4.65. The highest BCUT2D eigenvalue weighted by molar-refractivity contribution is 7.92. The number of morpholine rings is 1. The number of hydrogen-bond acceptors (Lipinski definition) is 10. The number of aromatic nitrogens is 2. The summed E-state index contributed by atoms with van der Waals surface area (Å²) in [6.07, 6.45) is 0. The molecule has 1 N–H and O–H groups in total. The van der Waals surface area contributed by atoms with E-state index in [1.54, 1.807) is 12.1 Å². The van der Waals surface area contributed by atoms with Crippen molar-refractivity contribution in [2.24, 2.45) is 0 Å². The molecule has 2 heterocycles. The number of rotatable bonds is 7. The first-order valence-corrected chi connectivity index (χ1v) is 11.9. The van der Waals surface area contributed by atoms with Gasteiger partial charge < -0.3 is 9.64 Å². The van der Waals surface area contributed by atoms with E-state index < -0.39 is 36.1 Å². The van der Waals surface area contributed by atoms with Crippen molar-refractivity contribution in [3.8, 4) is 11.3 Å². The Hall–Kier alpha value is -4.17. The van der Waals surface area contributed by atoms with Crippen LogP contribution in [-0.4, -0.2) is 54.8 Å². The van der Waals surface area contributed by atoms with Crippen LogP contribution in [0.1, 0.15) is 5.56 Å². The van der Waals surface area contributed by atoms with Crippen LogP contribution in [-0.2, 0) is 14.8 Å². The lowest BCUT2D eigenvalue weighted by atomic mass is 10.1. The van der Waals surface area contributed by atoms with E-state index in [9.17, 15) is 28.6 Å². The topological polar surface area (TPSA) is 171 Å². The van der Waals surface area contributed by atoms with Gasteiger partial charge in [0.1, 0.15) is 10.5 Å². The van der Waals surface area contributed by atoms with Gasteiger partial charge in [-0.2, -0.15) is 0 Å². The van der Waals surface area contributed by atoms with Crippen LogP contribution in [0.2, 0.25) is 0 Å². The summed E-state index contributed by atoms with van der Waals surface area (Å²) in [5.74, 6) is 0.739. The molecule has 1 aromatic heterocycles. The van der Waals surface area contributed by atoms with Gasteiger partial charge >= 0.3 is 0 Å². The van der Waals surface area contributed by atoms with Gasteiger partial charge in [-0.1, -0.05) is 12.1 Å². The van der Waals surface area contributed by atoms with Gasteiger partial charge in [-0.3, -0.25) is 25.0 Å². The molecular formula is C21H20N6O7S. The van der Waals surface area contributed by atoms with Crippen LogP contribution in [0, 0.1) is 27.2 Å². The van der Waals surface area contributed by atoms with E-state index >= 15 is 0 Å². The van der Waals surface area contributed by atoms with E-state index in [1.165, 1.54) is 19.1 Å². The van der Waals surface area contributed by atoms with Crippen LogP contribution >= 0.6 is 0 Å². The Balaban J connectivity index is 1.54. The first kappa shape index (κ1) is 24.0. The predicted octanol–water partition coefficient (Wildman–Crippen LogP) is 2.91. The quantitative estimate of drug-likeness (QED) is 0.376. The summed E-state index contributed by atoms with van der Waals surface area (Å²) in [6.45, 7) is 3.91. The van der Waals surface area contributed by atoms with Crippen molar-refractivity contribution in [1.82, 2.24) is 10.2 Å². The normalized spacial score (nSPS) is 13.9. The molecule has 2 aromatic carbocycles. The number of nitro benzene ring substituents is 2. The van der Waals surface area contributed by atoms with Gasteiger partial charge in [0.05, 0.1) is 28.8 Å². The van der Waals surface area contributed by atoms with Gasteiger partial charge in [-0.15, -0.1) is 10.2 Å². The van der Waals surface area contributed by atoms with Gasteiger partial charge in [0, 0.05) is 36.5 Å². The van der Waals surface area contributed by atoms with Gasteiger partial charge in [-0.25, -0.2) is 8.42 Å². The predicted molar refractivity (Wildman–Crippen MR) is 126 cm³/mol. The SMILES string of the molecule is Cc1c([N+](=O)[O-])cc(S(=O)(=O)Nc2ccc(-c3ccc(N4CCOCC4)nn3)cc2)cc1[N+](=O)[O-]. The third-order valence-electron chi connectivity index (χ3n) is 5.45. The van der Waals surface area contributed by atoms with E-state index in [0.29, 0.717) is 24.5 Å². The summed E-state index contributed by atoms with van der Waals surface area (Å²) in [7, 11) is -4.34. The van der Waals surface area contributed by atoms with Crippen LogP contribution in [0.25, 0.3) is 11.3 Å².